The summed E-state index contributed by atoms with van der Waals surface area (Å²) < 4.78 is 7.61. The molecule has 18 heavy (non-hydrogen) atoms. The molecule has 1 fully saturated rings. The van der Waals surface area contributed by atoms with Crippen LogP contribution in [-0.2, 0) is 18.2 Å². The summed E-state index contributed by atoms with van der Waals surface area (Å²) in [4.78, 5) is 4.26. The van der Waals surface area contributed by atoms with Gasteiger partial charge in [0.25, 0.3) is 0 Å². The largest absolute Gasteiger partial charge is 0.377 e. The van der Waals surface area contributed by atoms with Gasteiger partial charge in [0.05, 0.1) is 11.6 Å². The monoisotopic (exact) mass is 253 g/mol. The van der Waals surface area contributed by atoms with Crippen LogP contribution in [0.25, 0.3) is 0 Å². The number of rotatable bonds is 5. The van der Waals surface area contributed by atoms with E-state index in [4.69, 9.17) is 10.6 Å². The molecule has 2 rings (SSSR count). The molecule has 102 valence electrons. The van der Waals surface area contributed by atoms with Crippen LogP contribution in [0.1, 0.15) is 37.9 Å². The average Bonchev–Trinajstić information content (AvgIpc) is 2.82. The average molecular weight is 253 g/mol. The molecule has 0 aliphatic heterocycles. The minimum absolute atomic E-state index is 0.0747. The van der Waals surface area contributed by atoms with Crippen molar-refractivity contribution in [2.24, 2.45) is 12.9 Å². The van der Waals surface area contributed by atoms with E-state index in [-0.39, 0.29) is 11.6 Å². The number of hydrazine groups is 1. The zero-order valence-corrected chi connectivity index (χ0v) is 11.2. The molecule has 1 aliphatic carbocycles. The fourth-order valence-electron chi connectivity index (χ4n) is 2.93. The number of nitrogens with zero attached hydrogens (tertiary/aromatic N) is 3. The third kappa shape index (κ3) is 2.55. The van der Waals surface area contributed by atoms with Crippen molar-refractivity contribution in [1.29, 1.82) is 0 Å². The Balaban J connectivity index is 2.13. The van der Waals surface area contributed by atoms with Gasteiger partial charge in [-0.15, -0.1) is 0 Å². The van der Waals surface area contributed by atoms with Crippen molar-refractivity contribution in [2.75, 3.05) is 7.11 Å². The number of aromatic nitrogens is 3. The van der Waals surface area contributed by atoms with Crippen LogP contribution in [0.15, 0.2) is 6.33 Å². The van der Waals surface area contributed by atoms with E-state index in [0.29, 0.717) is 0 Å². The first-order valence-corrected chi connectivity index (χ1v) is 6.56. The minimum atomic E-state index is -0.168. The molecule has 6 heteroatoms. The van der Waals surface area contributed by atoms with E-state index in [0.717, 1.165) is 25.1 Å². The van der Waals surface area contributed by atoms with Gasteiger partial charge in [-0.25, -0.2) is 4.98 Å². The summed E-state index contributed by atoms with van der Waals surface area (Å²) in [6, 6.07) is 0.0747. The van der Waals surface area contributed by atoms with Gasteiger partial charge in [0.1, 0.15) is 12.2 Å². The molecule has 1 unspecified atom stereocenters. The van der Waals surface area contributed by atoms with Crippen LogP contribution < -0.4 is 11.3 Å². The lowest BCUT2D eigenvalue weighted by atomic mass is 9.78. The molecule has 0 bridgehead atoms. The summed E-state index contributed by atoms with van der Waals surface area (Å²) in [5.41, 5.74) is 2.76. The summed E-state index contributed by atoms with van der Waals surface area (Å²) in [5.74, 6) is 6.67. The smallest absolute Gasteiger partial charge is 0.138 e. The van der Waals surface area contributed by atoms with Crippen LogP contribution in [0, 0.1) is 0 Å². The zero-order chi connectivity index (χ0) is 13.0. The first kappa shape index (κ1) is 13.5. The standard InChI is InChI=1S/C12H23N5O/c1-17-11(14-9-15-17)8-10(16-13)12(18-2)6-4-3-5-7-12/h9-10,16H,3-8,13H2,1-2H3. The second-order valence-corrected chi connectivity index (χ2v) is 5.05. The van der Waals surface area contributed by atoms with E-state index in [2.05, 4.69) is 15.5 Å². The summed E-state index contributed by atoms with van der Waals surface area (Å²) in [6.07, 6.45) is 8.10. The number of methoxy groups -OCH3 is 1. The number of nitrogens with two attached hydrogens (primary N) is 1. The van der Waals surface area contributed by atoms with Crippen LogP contribution >= 0.6 is 0 Å². The molecule has 0 spiro atoms. The Bertz CT molecular complexity index is 372. The molecule has 3 N–H and O–H groups in total. The number of hydrogen-bond donors (Lipinski definition) is 2. The van der Waals surface area contributed by atoms with Crippen molar-refractivity contribution in [1.82, 2.24) is 20.2 Å². The topological polar surface area (TPSA) is 78.0 Å². The van der Waals surface area contributed by atoms with Gasteiger partial charge < -0.3 is 4.74 Å². The van der Waals surface area contributed by atoms with Crippen LogP contribution in [0.4, 0.5) is 0 Å². The highest BCUT2D eigenvalue weighted by Crippen LogP contribution is 2.34. The molecular weight excluding hydrogens is 230 g/mol. The first-order valence-electron chi connectivity index (χ1n) is 6.56. The second kappa shape index (κ2) is 5.77. The van der Waals surface area contributed by atoms with Gasteiger partial charge in [-0.2, -0.15) is 5.10 Å². The van der Waals surface area contributed by atoms with E-state index in [1.54, 1.807) is 18.1 Å². The summed E-state index contributed by atoms with van der Waals surface area (Å²) in [6.45, 7) is 0. The maximum Gasteiger partial charge on any atom is 0.138 e. The minimum Gasteiger partial charge on any atom is -0.377 e. The van der Waals surface area contributed by atoms with Gasteiger partial charge >= 0.3 is 0 Å². The normalized spacial score (nSPS) is 20.8. The molecule has 0 saturated heterocycles. The van der Waals surface area contributed by atoms with Crippen molar-refractivity contribution in [3.8, 4) is 0 Å². The molecule has 1 aliphatic rings. The maximum absolute atomic E-state index is 5.82. The Morgan fingerprint density at radius 2 is 2.22 bits per heavy atom. The van der Waals surface area contributed by atoms with E-state index in [1.807, 2.05) is 7.05 Å². The Kier molecular flexibility index (Phi) is 4.31. The van der Waals surface area contributed by atoms with Gasteiger partial charge in [0.15, 0.2) is 0 Å². The van der Waals surface area contributed by atoms with Crippen molar-refractivity contribution in [3.63, 3.8) is 0 Å². The van der Waals surface area contributed by atoms with Gasteiger partial charge in [0.2, 0.25) is 0 Å². The molecule has 0 aromatic carbocycles. The molecule has 1 aromatic heterocycles. The van der Waals surface area contributed by atoms with E-state index < -0.39 is 0 Å². The number of aryl methyl sites for hydroxylation is 1. The molecule has 1 heterocycles. The van der Waals surface area contributed by atoms with Crippen LogP contribution in [0.2, 0.25) is 0 Å². The first-order chi connectivity index (χ1) is 8.72. The number of hydrogen-bond acceptors (Lipinski definition) is 5. The quantitative estimate of drug-likeness (QED) is 0.591. The molecule has 0 radical (unpaired) electrons. The summed E-state index contributed by atoms with van der Waals surface area (Å²) >= 11 is 0. The highest BCUT2D eigenvalue weighted by Gasteiger charge is 2.40. The van der Waals surface area contributed by atoms with Crippen molar-refractivity contribution < 1.29 is 4.74 Å². The van der Waals surface area contributed by atoms with Crippen molar-refractivity contribution in [2.45, 2.75) is 50.2 Å². The molecule has 6 nitrogen and oxygen atoms in total. The van der Waals surface area contributed by atoms with Crippen LogP contribution in [-0.4, -0.2) is 33.5 Å². The predicted molar refractivity (Wildman–Crippen MR) is 68.6 cm³/mol. The lowest BCUT2D eigenvalue weighted by Gasteiger charge is -2.42. The molecule has 1 saturated carbocycles. The molecule has 0 amide bonds. The summed E-state index contributed by atoms with van der Waals surface area (Å²) in [5, 5.41) is 4.09. The van der Waals surface area contributed by atoms with E-state index >= 15 is 0 Å². The zero-order valence-electron chi connectivity index (χ0n) is 11.2. The van der Waals surface area contributed by atoms with Crippen molar-refractivity contribution in [3.05, 3.63) is 12.2 Å². The van der Waals surface area contributed by atoms with Gasteiger partial charge in [-0.1, -0.05) is 19.3 Å². The molecular formula is C12H23N5O. The number of ether oxygens (including phenoxy) is 1. The highest BCUT2D eigenvalue weighted by atomic mass is 16.5. The SMILES string of the molecule is COC1(C(Cc2ncnn2C)NN)CCCCC1. The lowest BCUT2D eigenvalue weighted by molar-refractivity contribution is -0.0679. The fraction of sp³-hybridized carbons (Fsp3) is 0.833. The van der Waals surface area contributed by atoms with Gasteiger partial charge in [-0.3, -0.25) is 16.0 Å². The van der Waals surface area contributed by atoms with E-state index in [1.165, 1.54) is 19.3 Å². The third-order valence-electron chi connectivity index (χ3n) is 4.13. The Morgan fingerprint density at radius 1 is 1.50 bits per heavy atom. The number of nitrogens with one attached hydrogen (secondary N) is 1. The molecule has 1 aromatic rings. The van der Waals surface area contributed by atoms with E-state index in [9.17, 15) is 0 Å². The Labute approximate surface area is 108 Å². The van der Waals surface area contributed by atoms with Gasteiger partial charge in [-0.05, 0) is 12.8 Å². The Hall–Kier alpha value is -0.980. The maximum atomic E-state index is 5.82. The van der Waals surface area contributed by atoms with Crippen LogP contribution in [0.5, 0.6) is 0 Å². The second-order valence-electron chi connectivity index (χ2n) is 5.05. The Morgan fingerprint density at radius 3 is 2.72 bits per heavy atom. The van der Waals surface area contributed by atoms with Crippen LogP contribution in [0.3, 0.4) is 0 Å². The molecule has 1 atom stereocenters. The van der Waals surface area contributed by atoms with Gasteiger partial charge in [0, 0.05) is 20.6 Å². The fourth-order valence-corrected chi connectivity index (χ4v) is 2.93. The lowest BCUT2D eigenvalue weighted by Crippen LogP contribution is -2.56. The summed E-state index contributed by atoms with van der Waals surface area (Å²) in [7, 11) is 3.68. The predicted octanol–water partition coefficient (Wildman–Crippen LogP) is 0.539. The third-order valence-corrected chi connectivity index (χ3v) is 4.13. The highest BCUT2D eigenvalue weighted by molar-refractivity contribution is 5.00. The van der Waals surface area contributed by atoms with Crippen molar-refractivity contribution >= 4 is 0 Å².